The van der Waals surface area contributed by atoms with E-state index in [-0.39, 0.29) is 23.8 Å². The number of carbonyl (C=O) groups is 1. The van der Waals surface area contributed by atoms with E-state index in [4.69, 9.17) is 5.73 Å². The zero-order chi connectivity index (χ0) is 15.2. The maximum atomic E-state index is 11.6. The molecule has 0 spiro atoms. The lowest BCUT2D eigenvalue weighted by Crippen LogP contribution is -2.46. The SMILES string of the molecule is C=CCN(CC=C)C(c1ccccc1)C1CCC1C(N)=O. The Labute approximate surface area is 127 Å². The topological polar surface area (TPSA) is 46.3 Å². The first kappa shape index (κ1) is 15.5. The lowest BCUT2D eigenvalue weighted by Gasteiger charge is -2.45. The van der Waals surface area contributed by atoms with E-state index < -0.39 is 0 Å². The van der Waals surface area contributed by atoms with E-state index in [0.717, 1.165) is 25.9 Å². The molecule has 1 amide bonds. The van der Waals surface area contributed by atoms with Crippen LogP contribution in [0.1, 0.15) is 24.4 Å². The van der Waals surface area contributed by atoms with Gasteiger partial charge in [-0.1, -0.05) is 42.5 Å². The highest BCUT2D eigenvalue weighted by Gasteiger charge is 2.42. The highest BCUT2D eigenvalue weighted by molar-refractivity contribution is 5.78. The Hall–Kier alpha value is -1.87. The highest BCUT2D eigenvalue weighted by Crippen LogP contribution is 2.45. The van der Waals surface area contributed by atoms with Gasteiger partial charge >= 0.3 is 0 Å². The van der Waals surface area contributed by atoms with Crippen molar-refractivity contribution in [3.63, 3.8) is 0 Å². The van der Waals surface area contributed by atoms with Crippen molar-refractivity contribution in [2.45, 2.75) is 18.9 Å². The van der Waals surface area contributed by atoms with Crippen molar-refractivity contribution < 1.29 is 4.79 Å². The van der Waals surface area contributed by atoms with Crippen molar-refractivity contribution in [2.75, 3.05) is 13.1 Å². The molecule has 1 fully saturated rings. The van der Waals surface area contributed by atoms with E-state index in [0.29, 0.717) is 0 Å². The summed E-state index contributed by atoms with van der Waals surface area (Å²) < 4.78 is 0. The molecule has 3 nitrogen and oxygen atoms in total. The van der Waals surface area contributed by atoms with Gasteiger partial charge in [-0.05, 0) is 24.3 Å². The van der Waals surface area contributed by atoms with Crippen LogP contribution in [0.3, 0.4) is 0 Å². The molecule has 1 aromatic rings. The molecule has 3 heteroatoms. The number of hydrogen-bond donors (Lipinski definition) is 1. The van der Waals surface area contributed by atoms with Gasteiger partial charge < -0.3 is 5.73 Å². The minimum Gasteiger partial charge on any atom is -0.369 e. The lowest BCUT2D eigenvalue weighted by molar-refractivity contribution is -0.129. The van der Waals surface area contributed by atoms with Gasteiger partial charge in [0.25, 0.3) is 0 Å². The Morgan fingerprint density at radius 2 is 1.86 bits per heavy atom. The van der Waals surface area contributed by atoms with Gasteiger partial charge in [-0.3, -0.25) is 9.69 Å². The Balaban J connectivity index is 2.31. The molecule has 2 rings (SSSR count). The summed E-state index contributed by atoms with van der Waals surface area (Å²) in [5.41, 5.74) is 6.79. The van der Waals surface area contributed by atoms with E-state index in [1.807, 2.05) is 30.4 Å². The summed E-state index contributed by atoms with van der Waals surface area (Å²) in [4.78, 5) is 13.9. The van der Waals surface area contributed by atoms with Crippen molar-refractivity contribution >= 4 is 5.91 Å². The third kappa shape index (κ3) is 3.42. The largest absolute Gasteiger partial charge is 0.369 e. The van der Waals surface area contributed by atoms with E-state index >= 15 is 0 Å². The molecule has 1 aromatic carbocycles. The molecule has 1 aliphatic carbocycles. The molecular weight excluding hydrogens is 260 g/mol. The Kier molecular flexibility index (Phi) is 5.34. The van der Waals surface area contributed by atoms with Crippen LogP contribution < -0.4 is 5.73 Å². The smallest absolute Gasteiger partial charge is 0.220 e. The summed E-state index contributed by atoms with van der Waals surface area (Å²) in [5, 5.41) is 0. The molecule has 0 aliphatic heterocycles. The second-order valence-corrected chi connectivity index (χ2v) is 5.64. The normalized spacial score (nSPS) is 22.3. The summed E-state index contributed by atoms with van der Waals surface area (Å²) in [7, 11) is 0. The van der Waals surface area contributed by atoms with Crippen LogP contribution in [0.4, 0.5) is 0 Å². The number of nitrogens with zero attached hydrogens (tertiary/aromatic N) is 1. The summed E-state index contributed by atoms with van der Waals surface area (Å²) in [5.74, 6) is 0.0847. The molecular formula is C18H24N2O. The fourth-order valence-corrected chi connectivity index (χ4v) is 3.27. The molecule has 0 aromatic heterocycles. The lowest BCUT2D eigenvalue weighted by atomic mass is 9.67. The Morgan fingerprint density at radius 1 is 1.24 bits per heavy atom. The van der Waals surface area contributed by atoms with Crippen LogP contribution in [-0.4, -0.2) is 23.9 Å². The van der Waals surface area contributed by atoms with E-state index in [2.05, 4.69) is 30.2 Å². The number of nitrogens with two attached hydrogens (primary N) is 1. The summed E-state index contributed by atoms with van der Waals surface area (Å²) in [6.07, 6.45) is 5.74. The average Bonchev–Trinajstić information content (AvgIpc) is 2.43. The van der Waals surface area contributed by atoms with Crippen LogP contribution >= 0.6 is 0 Å². The predicted octanol–water partition coefficient (Wildman–Crippen LogP) is 2.91. The zero-order valence-corrected chi connectivity index (χ0v) is 12.4. The first-order chi connectivity index (χ1) is 10.2. The van der Waals surface area contributed by atoms with Gasteiger partial charge in [0.2, 0.25) is 5.91 Å². The molecule has 3 unspecified atom stereocenters. The van der Waals surface area contributed by atoms with Crippen LogP contribution in [0.2, 0.25) is 0 Å². The molecule has 112 valence electrons. The van der Waals surface area contributed by atoms with Gasteiger partial charge in [0.1, 0.15) is 0 Å². The molecule has 0 saturated heterocycles. The maximum absolute atomic E-state index is 11.6. The van der Waals surface area contributed by atoms with Crippen molar-refractivity contribution in [3.8, 4) is 0 Å². The molecule has 0 bridgehead atoms. The number of benzene rings is 1. The number of carbonyl (C=O) groups excluding carboxylic acids is 1. The zero-order valence-electron chi connectivity index (χ0n) is 12.4. The minimum absolute atomic E-state index is 0.0210. The van der Waals surface area contributed by atoms with Crippen LogP contribution in [-0.2, 0) is 4.79 Å². The third-order valence-corrected chi connectivity index (χ3v) is 4.36. The van der Waals surface area contributed by atoms with Crippen molar-refractivity contribution in [1.82, 2.24) is 4.90 Å². The van der Waals surface area contributed by atoms with Crippen molar-refractivity contribution in [1.29, 1.82) is 0 Å². The summed E-state index contributed by atoms with van der Waals surface area (Å²) >= 11 is 0. The minimum atomic E-state index is -0.177. The van der Waals surface area contributed by atoms with E-state index in [1.165, 1.54) is 5.56 Å². The predicted molar refractivity (Wildman–Crippen MR) is 86.6 cm³/mol. The fraction of sp³-hybridized carbons (Fsp3) is 0.389. The molecule has 0 heterocycles. The Morgan fingerprint density at radius 3 is 2.29 bits per heavy atom. The van der Waals surface area contributed by atoms with Gasteiger partial charge in [0.15, 0.2) is 0 Å². The highest BCUT2D eigenvalue weighted by atomic mass is 16.1. The van der Waals surface area contributed by atoms with Gasteiger partial charge in [-0.25, -0.2) is 0 Å². The van der Waals surface area contributed by atoms with Crippen molar-refractivity contribution in [2.24, 2.45) is 17.6 Å². The van der Waals surface area contributed by atoms with E-state index in [1.54, 1.807) is 0 Å². The van der Waals surface area contributed by atoms with Crippen LogP contribution in [0, 0.1) is 11.8 Å². The second-order valence-electron chi connectivity index (χ2n) is 5.64. The number of amides is 1. The third-order valence-electron chi connectivity index (χ3n) is 4.36. The van der Waals surface area contributed by atoms with Gasteiger partial charge in [-0.2, -0.15) is 0 Å². The van der Waals surface area contributed by atoms with Gasteiger partial charge in [0, 0.05) is 25.0 Å². The first-order valence-corrected chi connectivity index (χ1v) is 7.49. The first-order valence-electron chi connectivity index (χ1n) is 7.49. The molecule has 1 aliphatic rings. The molecule has 21 heavy (non-hydrogen) atoms. The quantitative estimate of drug-likeness (QED) is 0.746. The maximum Gasteiger partial charge on any atom is 0.220 e. The molecule has 3 atom stereocenters. The number of primary amides is 1. The fourth-order valence-electron chi connectivity index (χ4n) is 3.27. The monoisotopic (exact) mass is 284 g/mol. The second kappa shape index (κ2) is 7.23. The van der Waals surface area contributed by atoms with Gasteiger partial charge in [0.05, 0.1) is 0 Å². The van der Waals surface area contributed by atoms with E-state index in [9.17, 15) is 4.79 Å². The summed E-state index contributed by atoms with van der Waals surface area (Å²) in [6, 6.07) is 10.5. The van der Waals surface area contributed by atoms with Crippen LogP contribution in [0.5, 0.6) is 0 Å². The molecule has 1 saturated carbocycles. The number of hydrogen-bond acceptors (Lipinski definition) is 2. The molecule has 0 radical (unpaired) electrons. The standard InChI is InChI=1S/C18H24N2O/c1-3-12-20(13-4-2)17(14-8-6-5-7-9-14)15-10-11-16(15)18(19)21/h3-9,15-17H,1-2,10-13H2,(H2,19,21). The average molecular weight is 284 g/mol. The van der Waals surface area contributed by atoms with Crippen LogP contribution in [0.25, 0.3) is 0 Å². The molecule has 2 N–H and O–H groups in total. The van der Waals surface area contributed by atoms with Gasteiger partial charge in [-0.15, -0.1) is 13.2 Å². The van der Waals surface area contributed by atoms with Crippen LogP contribution in [0.15, 0.2) is 55.6 Å². The Bertz CT molecular complexity index is 487. The summed E-state index contributed by atoms with van der Waals surface area (Å²) in [6.45, 7) is 9.24. The van der Waals surface area contributed by atoms with Crippen molar-refractivity contribution in [3.05, 3.63) is 61.2 Å². The number of rotatable bonds is 8.